The van der Waals surface area contributed by atoms with E-state index >= 15 is 0 Å². The molecule has 0 unspecified atom stereocenters. The summed E-state index contributed by atoms with van der Waals surface area (Å²) in [5.74, 6) is 1.86. The minimum Gasteiger partial charge on any atom is -0.325 e. The quantitative estimate of drug-likeness (QED) is 0.808. The standard InChI is InChI=1S/C12H15N3/c13-8-10-11-6-1-2-7-15(11)12(14-10)9-4-3-5-9/h1-2,6-7,9H,3-5,8,13H2. The molecule has 0 amide bonds. The van der Waals surface area contributed by atoms with Crippen molar-refractivity contribution in [1.82, 2.24) is 9.38 Å². The highest BCUT2D eigenvalue weighted by Gasteiger charge is 2.24. The number of pyridine rings is 1. The Kier molecular flexibility index (Phi) is 1.99. The van der Waals surface area contributed by atoms with Gasteiger partial charge in [-0.1, -0.05) is 12.5 Å². The van der Waals surface area contributed by atoms with Crippen LogP contribution >= 0.6 is 0 Å². The molecular formula is C12H15N3. The van der Waals surface area contributed by atoms with Crippen LogP contribution in [0.2, 0.25) is 0 Å². The molecule has 0 saturated heterocycles. The van der Waals surface area contributed by atoms with Crippen LogP contribution < -0.4 is 5.73 Å². The summed E-state index contributed by atoms with van der Waals surface area (Å²) in [7, 11) is 0. The maximum Gasteiger partial charge on any atom is 0.116 e. The van der Waals surface area contributed by atoms with Gasteiger partial charge < -0.3 is 10.1 Å². The van der Waals surface area contributed by atoms with E-state index in [-0.39, 0.29) is 0 Å². The first-order valence-electron chi connectivity index (χ1n) is 5.56. The van der Waals surface area contributed by atoms with Crippen LogP contribution in [0.1, 0.15) is 36.7 Å². The third-order valence-corrected chi connectivity index (χ3v) is 3.32. The Balaban J connectivity index is 2.20. The van der Waals surface area contributed by atoms with Crippen molar-refractivity contribution in [2.24, 2.45) is 5.73 Å². The van der Waals surface area contributed by atoms with Gasteiger partial charge in [-0.05, 0) is 25.0 Å². The van der Waals surface area contributed by atoms with Gasteiger partial charge in [0.15, 0.2) is 0 Å². The molecule has 0 bridgehead atoms. The molecule has 1 aliphatic rings. The number of rotatable bonds is 2. The minimum atomic E-state index is 0.528. The van der Waals surface area contributed by atoms with E-state index in [0.717, 1.165) is 5.69 Å². The van der Waals surface area contributed by atoms with Gasteiger partial charge in [0.25, 0.3) is 0 Å². The van der Waals surface area contributed by atoms with Gasteiger partial charge in [0.05, 0.1) is 11.2 Å². The maximum absolute atomic E-state index is 5.71. The molecule has 3 rings (SSSR count). The summed E-state index contributed by atoms with van der Waals surface area (Å²) in [5.41, 5.74) is 7.91. The lowest BCUT2D eigenvalue weighted by molar-refractivity contribution is 0.400. The molecule has 2 heterocycles. The highest BCUT2D eigenvalue weighted by molar-refractivity contribution is 5.53. The Labute approximate surface area is 88.9 Å². The molecule has 1 aliphatic carbocycles. The Morgan fingerprint density at radius 3 is 2.93 bits per heavy atom. The Bertz CT molecular complexity index is 483. The van der Waals surface area contributed by atoms with E-state index in [1.807, 2.05) is 6.07 Å². The predicted octanol–water partition coefficient (Wildman–Crippen LogP) is 2.06. The first-order chi connectivity index (χ1) is 7.40. The lowest BCUT2D eigenvalue weighted by atomic mass is 9.85. The third-order valence-electron chi connectivity index (χ3n) is 3.32. The Morgan fingerprint density at radius 2 is 2.27 bits per heavy atom. The molecular weight excluding hydrogens is 186 g/mol. The van der Waals surface area contributed by atoms with Gasteiger partial charge in [0.1, 0.15) is 5.82 Å². The van der Waals surface area contributed by atoms with Crippen molar-refractivity contribution >= 4 is 5.52 Å². The highest BCUT2D eigenvalue weighted by atomic mass is 15.0. The number of fused-ring (bicyclic) bond motifs is 1. The average molecular weight is 201 g/mol. The van der Waals surface area contributed by atoms with Crippen molar-refractivity contribution in [1.29, 1.82) is 0 Å². The van der Waals surface area contributed by atoms with Crippen molar-refractivity contribution in [3.05, 3.63) is 35.9 Å². The van der Waals surface area contributed by atoms with Gasteiger partial charge in [-0.3, -0.25) is 0 Å². The lowest BCUT2D eigenvalue weighted by Gasteiger charge is -2.23. The van der Waals surface area contributed by atoms with Crippen molar-refractivity contribution in [3.8, 4) is 0 Å². The topological polar surface area (TPSA) is 43.3 Å². The molecule has 0 spiro atoms. The smallest absolute Gasteiger partial charge is 0.116 e. The molecule has 15 heavy (non-hydrogen) atoms. The SMILES string of the molecule is NCc1nc(C2CCC2)n2ccccc12. The molecule has 2 N–H and O–H groups in total. The normalized spacial score (nSPS) is 16.9. The van der Waals surface area contributed by atoms with Gasteiger partial charge >= 0.3 is 0 Å². The number of imidazole rings is 1. The summed E-state index contributed by atoms with van der Waals surface area (Å²) in [6, 6.07) is 6.19. The van der Waals surface area contributed by atoms with Crippen LogP contribution in [0, 0.1) is 0 Å². The van der Waals surface area contributed by atoms with Gasteiger partial charge in [0, 0.05) is 18.7 Å². The third kappa shape index (κ3) is 1.27. The van der Waals surface area contributed by atoms with E-state index in [9.17, 15) is 0 Å². The van der Waals surface area contributed by atoms with Crippen LogP contribution in [0.15, 0.2) is 24.4 Å². The number of nitrogens with zero attached hydrogens (tertiary/aromatic N) is 2. The van der Waals surface area contributed by atoms with Crippen LogP contribution in [0.25, 0.3) is 5.52 Å². The molecule has 0 radical (unpaired) electrons. The summed E-state index contributed by atoms with van der Waals surface area (Å²) in [4.78, 5) is 4.67. The first-order valence-corrected chi connectivity index (χ1v) is 5.56. The van der Waals surface area contributed by atoms with Gasteiger partial charge in [-0.15, -0.1) is 0 Å². The molecule has 0 aliphatic heterocycles. The van der Waals surface area contributed by atoms with Crippen LogP contribution in [-0.2, 0) is 6.54 Å². The van der Waals surface area contributed by atoms with Crippen LogP contribution in [0.4, 0.5) is 0 Å². The van der Waals surface area contributed by atoms with Crippen molar-refractivity contribution < 1.29 is 0 Å². The molecule has 0 atom stereocenters. The lowest BCUT2D eigenvalue weighted by Crippen LogP contribution is -2.12. The molecule has 3 nitrogen and oxygen atoms in total. The minimum absolute atomic E-state index is 0.528. The second kappa shape index (κ2) is 3.35. The maximum atomic E-state index is 5.71. The van der Waals surface area contributed by atoms with Crippen LogP contribution in [0.5, 0.6) is 0 Å². The van der Waals surface area contributed by atoms with Crippen molar-refractivity contribution in [3.63, 3.8) is 0 Å². The first kappa shape index (κ1) is 8.92. The van der Waals surface area contributed by atoms with E-state index in [2.05, 4.69) is 27.7 Å². The number of nitrogens with two attached hydrogens (primary N) is 1. The second-order valence-corrected chi connectivity index (χ2v) is 4.20. The Hall–Kier alpha value is -1.35. The van der Waals surface area contributed by atoms with Crippen molar-refractivity contribution in [2.45, 2.75) is 31.7 Å². The average Bonchev–Trinajstić information content (AvgIpc) is 2.55. The monoisotopic (exact) mass is 201 g/mol. The van der Waals surface area contributed by atoms with Gasteiger partial charge in [-0.25, -0.2) is 4.98 Å². The zero-order chi connectivity index (χ0) is 10.3. The zero-order valence-corrected chi connectivity index (χ0v) is 8.69. The fourth-order valence-corrected chi connectivity index (χ4v) is 2.23. The van der Waals surface area contributed by atoms with E-state index < -0.39 is 0 Å². The van der Waals surface area contributed by atoms with Gasteiger partial charge in [-0.2, -0.15) is 0 Å². The summed E-state index contributed by atoms with van der Waals surface area (Å²) in [6.07, 6.45) is 5.98. The van der Waals surface area contributed by atoms with Gasteiger partial charge in [0.2, 0.25) is 0 Å². The number of hydrogen-bond donors (Lipinski definition) is 1. The molecule has 2 aromatic rings. The zero-order valence-electron chi connectivity index (χ0n) is 8.69. The predicted molar refractivity (Wildman–Crippen MR) is 59.7 cm³/mol. The van der Waals surface area contributed by atoms with Crippen molar-refractivity contribution in [2.75, 3.05) is 0 Å². The summed E-state index contributed by atoms with van der Waals surface area (Å²) in [6.45, 7) is 0.528. The summed E-state index contributed by atoms with van der Waals surface area (Å²) >= 11 is 0. The molecule has 1 saturated carbocycles. The van der Waals surface area contributed by atoms with E-state index in [0.29, 0.717) is 12.5 Å². The fraction of sp³-hybridized carbons (Fsp3) is 0.417. The molecule has 0 aromatic carbocycles. The van der Waals surface area contributed by atoms with Crippen LogP contribution in [-0.4, -0.2) is 9.38 Å². The fourth-order valence-electron chi connectivity index (χ4n) is 2.23. The molecule has 1 fully saturated rings. The van der Waals surface area contributed by atoms with E-state index in [1.54, 1.807) is 0 Å². The highest BCUT2D eigenvalue weighted by Crippen LogP contribution is 2.36. The Morgan fingerprint density at radius 1 is 1.40 bits per heavy atom. The molecule has 2 aromatic heterocycles. The second-order valence-electron chi connectivity index (χ2n) is 4.20. The summed E-state index contributed by atoms with van der Waals surface area (Å²) < 4.78 is 2.20. The molecule has 78 valence electrons. The largest absolute Gasteiger partial charge is 0.325 e. The van der Waals surface area contributed by atoms with E-state index in [1.165, 1.54) is 30.6 Å². The van der Waals surface area contributed by atoms with E-state index in [4.69, 9.17) is 5.73 Å². The molecule has 3 heteroatoms. The number of aromatic nitrogens is 2. The summed E-state index contributed by atoms with van der Waals surface area (Å²) in [5, 5.41) is 0. The number of hydrogen-bond acceptors (Lipinski definition) is 2. The van der Waals surface area contributed by atoms with Crippen LogP contribution in [0.3, 0.4) is 0 Å².